The molecule has 0 unspecified atom stereocenters. The second-order valence-electron chi connectivity index (χ2n) is 8.59. The van der Waals surface area contributed by atoms with Crippen molar-refractivity contribution in [3.63, 3.8) is 0 Å². The van der Waals surface area contributed by atoms with E-state index in [2.05, 4.69) is 6.07 Å². The summed E-state index contributed by atoms with van der Waals surface area (Å²) < 4.78 is 0. The van der Waals surface area contributed by atoms with Gasteiger partial charge in [0.15, 0.2) is 0 Å². The Morgan fingerprint density at radius 1 is 1.13 bits per heavy atom. The molecule has 1 aliphatic carbocycles. The van der Waals surface area contributed by atoms with Gasteiger partial charge in [-0.3, -0.25) is 9.59 Å². The Labute approximate surface area is 182 Å². The molecular formula is C25H27N3O3. The van der Waals surface area contributed by atoms with Gasteiger partial charge in [-0.25, -0.2) is 0 Å². The van der Waals surface area contributed by atoms with Crippen LogP contribution in [0.5, 0.6) is 0 Å². The summed E-state index contributed by atoms with van der Waals surface area (Å²) in [5, 5.41) is 20.0. The summed E-state index contributed by atoms with van der Waals surface area (Å²) in [5.41, 5.74) is 3.43. The number of carbonyl (C=O) groups is 2. The van der Waals surface area contributed by atoms with Crippen LogP contribution < -0.4 is 0 Å². The molecule has 2 aliphatic rings. The predicted octanol–water partition coefficient (Wildman–Crippen LogP) is 3.03. The first-order valence-electron chi connectivity index (χ1n) is 10.7. The van der Waals surface area contributed by atoms with Crippen LogP contribution in [-0.4, -0.2) is 59.5 Å². The third-order valence-corrected chi connectivity index (χ3v) is 6.61. The van der Waals surface area contributed by atoms with Gasteiger partial charge in [0.1, 0.15) is 6.04 Å². The van der Waals surface area contributed by atoms with Crippen LogP contribution in [0.25, 0.3) is 11.1 Å². The Morgan fingerprint density at radius 2 is 1.81 bits per heavy atom. The maximum absolute atomic E-state index is 12.9. The second-order valence-corrected chi connectivity index (χ2v) is 8.59. The van der Waals surface area contributed by atoms with Crippen LogP contribution >= 0.6 is 0 Å². The molecular weight excluding hydrogens is 390 g/mol. The third-order valence-electron chi connectivity index (χ3n) is 6.61. The minimum Gasteiger partial charge on any atom is -0.394 e. The molecule has 3 atom stereocenters. The Hall–Kier alpha value is -3.17. The highest BCUT2D eigenvalue weighted by molar-refractivity contribution is 5.94. The Balaban J connectivity index is 1.66. The first-order valence-corrected chi connectivity index (χ1v) is 10.7. The molecule has 1 heterocycles. The van der Waals surface area contributed by atoms with E-state index in [1.807, 2.05) is 36.4 Å². The summed E-state index contributed by atoms with van der Waals surface area (Å²) in [6, 6.07) is 16.5. The molecule has 1 saturated heterocycles. The molecule has 2 amide bonds. The molecule has 2 fully saturated rings. The highest BCUT2D eigenvalue weighted by Gasteiger charge is 2.53. The van der Waals surface area contributed by atoms with E-state index in [9.17, 15) is 20.0 Å². The predicted molar refractivity (Wildman–Crippen MR) is 117 cm³/mol. The molecule has 6 heteroatoms. The number of carbonyl (C=O) groups excluding carboxylic acids is 2. The number of hydrogen-bond acceptors (Lipinski definition) is 4. The van der Waals surface area contributed by atoms with Crippen LogP contribution in [0.3, 0.4) is 0 Å². The zero-order valence-corrected chi connectivity index (χ0v) is 17.9. The SMILES string of the molecule is CN(C)C(=O)c1ccc(-c2ccccc2[C@@H]2[C@H](C#N)N(C(=O)C3CCC3)[C@H]2CO)cc1. The molecule has 1 N–H and O–H groups in total. The topological polar surface area (TPSA) is 84.6 Å². The number of rotatable bonds is 5. The Morgan fingerprint density at radius 3 is 2.35 bits per heavy atom. The zero-order valence-electron chi connectivity index (χ0n) is 17.9. The van der Waals surface area contributed by atoms with Gasteiger partial charge >= 0.3 is 0 Å². The van der Waals surface area contributed by atoms with Crippen LogP contribution in [0.2, 0.25) is 0 Å². The van der Waals surface area contributed by atoms with Crippen molar-refractivity contribution in [1.29, 1.82) is 5.26 Å². The van der Waals surface area contributed by atoms with E-state index in [1.54, 1.807) is 31.1 Å². The number of nitriles is 1. The number of aliphatic hydroxyl groups excluding tert-OH is 1. The minimum atomic E-state index is -0.582. The van der Waals surface area contributed by atoms with E-state index >= 15 is 0 Å². The molecule has 2 aromatic rings. The summed E-state index contributed by atoms with van der Waals surface area (Å²) in [7, 11) is 3.44. The first kappa shape index (κ1) is 21.1. The third kappa shape index (κ3) is 3.60. The number of aliphatic hydroxyl groups is 1. The molecule has 0 radical (unpaired) electrons. The molecule has 4 rings (SSSR count). The largest absolute Gasteiger partial charge is 0.394 e. The number of likely N-dealkylation sites (tertiary alicyclic amines) is 1. The van der Waals surface area contributed by atoms with Crippen molar-refractivity contribution >= 4 is 11.8 Å². The smallest absolute Gasteiger partial charge is 0.253 e. The van der Waals surface area contributed by atoms with Crippen molar-refractivity contribution < 1.29 is 14.7 Å². The van der Waals surface area contributed by atoms with Crippen molar-refractivity contribution in [2.45, 2.75) is 37.3 Å². The van der Waals surface area contributed by atoms with Gasteiger partial charge in [0.05, 0.1) is 18.7 Å². The van der Waals surface area contributed by atoms with Crippen LogP contribution in [0.4, 0.5) is 0 Å². The summed E-state index contributed by atoms with van der Waals surface area (Å²) in [6.07, 6.45) is 2.78. The van der Waals surface area contributed by atoms with Crippen molar-refractivity contribution in [2.24, 2.45) is 5.92 Å². The van der Waals surface area contributed by atoms with E-state index in [0.717, 1.165) is 36.0 Å². The number of benzene rings is 2. The lowest BCUT2D eigenvalue weighted by atomic mass is 9.71. The van der Waals surface area contributed by atoms with Gasteiger partial charge in [0.25, 0.3) is 5.91 Å². The quantitative estimate of drug-likeness (QED) is 0.810. The van der Waals surface area contributed by atoms with Gasteiger partial charge in [0, 0.05) is 31.5 Å². The number of nitrogens with zero attached hydrogens (tertiary/aromatic N) is 3. The van der Waals surface area contributed by atoms with Crippen LogP contribution in [0.1, 0.15) is 41.1 Å². The lowest BCUT2D eigenvalue weighted by molar-refractivity contribution is -0.154. The van der Waals surface area contributed by atoms with Crippen molar-refractivity contribution in [1.82, 2.24) is 9.80 Å². The summed E-state index contributed by atoms with van der Waals surface area (Å²) >= 11 is 0. The van der Waals surface area contributed by atoms with Gasteiger partial charge < -0.3 is 14.9 Å². The minimum absolute atomic E-state index is 0.00266. The molecule has 31 heavy (non-hydrogen) atoms. The van der Waals surface area contributed by atoms with E-state index in [-0.39, 0.29) is 30.3 Å². The standard InChI is InChI=1S/C25H27N3O3/c1-27(2)24(30)18-12-10-16(11-13-18)19-8-3-4-9-20(19)23-21(14-26)28(22(23)15-29)25(31)17-6-5-7-17/h3-4,8-13,17,21-23,29H,5-7,15H2,1-2H3/t21-,22-,23+/m0/s1. The van der Waals surface area contributed by atoms with Crippen molar-refractivity contribution in [2.75, 3.05) is 20.7 Å². The lowest BCUT2D eigenvalue weighted by Gasteiger charge is -2.53. The average molecular weight is 418 g/mol. The average Bonchev–Trinajstić information content (AvgIpc) is 2.72. The Bertz CT molecular complexity index is 1020. The van der Waals surface area contributed by atoms with Gasteiger partial charge in [0.2, 0.25) is 5.91 Å². The highest BCUT2D eigenvalue weighted by atomic mass is 16.3. The van der Waals surface area contributed by atoms with Gasteiger partial charge in [-0.1, -0.05) is 42.8 Å². The highest BCUT2D eigenvalue weighted by Crippen LogP contribution is 2.46. The summed E-state index contributed by atoms with van der Waals surface area (Å²) in [4.78, 5) is 28.2. The van der Waals surface area contributed by atoms with Crippen molar-refractivity contribution in [3.05, 3.63) is 59.7 Å². The van der Waals surface area contributed by atoms with Crippen LogP contribution in [0.15, 0.2) is 48.5 Å². The lowest BCUT2D eigenvalue weighted by Crippen LogP contribution is -2.66. The molecule has 1 aliphatic heterocycles. The van der Waals surface area contributed by atoms with E-state index in [0.29, 0.717) is 5.56 Å². The van der Waals surface area contributed by atoms with Crippen LogP contribution in [0, 0.1) is 17.2 Å². The molecule has 0 bridgehead atoms. The van der Waals surface area contributed by atoms with E-state index < -0.39 is 12.1 Å². The Kier molecular flexibility index (Phi) is 5.79. The van der Waals surface area contributed by atoms with Gasteiger partial charge in [-0.15, -0.1) is 0 Å². The first-order chi connectivity index (χ1) is 15.0. The normalized spacial score (nSPS) is 22.8. The summed E-state index contributed by atoms with van der Waals surface area (Å²) in [5.74, 6) is -0.327. The molecule has 6 nitrogen and oxygen atoms in total. The fraction of sp³-hybridized carbons (Fsp3) is 0.400. The number of hydrogen-bond donors (Lipinski definition) is 1. The van der Waals surface area contributed by atoms with E-state index in [4.69, 9.17) is 0 Å². The molecule has 0 aromatic heterocycles. The van der Waals surface area contributed by atoms with E-state index in [1.165, 1.54) is 4.90 Å². The zero-order chi connectivity index (χ0) is 22.1. The fourth-order valence-electron chi connectivity index (χ4n) is 4.65. The molecule has 0 spiro atoms. The fourth-order valence-corrected chi connectivity index (χ4v) is 4.65. The van der Waals surface area contributed by atoms with Gasteiger partial charge in [-0.05, 0) is 41.7 Å². The maximum atomic E-state index is 12.9. The second kappa shape index (κ2) is 8.52. The molecule has 1 saturated carbocycles. The monoisotopic (exact) mass is 417 g/mol. The maximum Gasteiger partial charge on any atom is 0.253 e. The number of amides is 2. The molecule has 160 valence electrons. The van der Waals surface area contributed by atoms with Crippen molar-refractivity contribution in [3.8, 4) is 17.2 Å². The van der Waals surface area contributed by atoms with Crippen LogP contribution in [-0.2, 0) is 4.79 Å². The summed E-state index contributed by atoms with van der Waals surface area (Å²) in [6.45, 7) is -0.175. The molecule has 2 aromatic carbocycles. The van der Waals surface area contributed by atoms with Gasteiger partial charge in [-0.2, -0.15) is 5.26 Å².